The maximum Gasteiger partial charge on any atom is 0.239 e. The van der Waals surface area contributed by atoms with E-state index in [2.05, 4.69) is 4.72 Å². The monoisotopic (exact) mass is 277 g/mol. The van der Waals surface area contributed by atoms with Gasteiger partial charge in [0.05, 0.1) is 5.25 Å². The Morgan fingerprint density at radius 3 is 1.78 bits per heavy atom. The third-order valence-corrected chi connectivity index (χ3v) is 5.68. The molecule has 0 fully saturated rings. The van der Waals surface area contributed by atoms with E-state index in [-0.39, 0.29) is 11.8 Å². The largest absolute Gasteiger partial charge is 0.273 e. The normalized spacial score (nSPS) is 13.4. The SMILES string of the molecule is CCC(C)(C)C(=O)NS(=O)(=O)C(C(C)C)C(C)C. The second-order valence-electron chi connectivity index (χ2n) is 6.17. The van der Waals surface area contributed by atoms with Crippen LogP contribution in [-0.2, 0) is 14.8 Å². The van der Waals surface area contributed by atoms with Crippen molar-refractivity contribution in [1.29, 1.82) is 0 Å². The van der Waals surface area contributed by atoms with Crippen molar-refractivity contribution >= 4 is 15.9 Å². The molecule has 1 amide bonds. The first kappa shape index (κ1) is 17.4. The molecule has 0 aromatic heterocycles. The molecule has 0 saturated carbocycles. The summed E-state index contributed by atoms with van der Waals surface area (Å²) in [4.78, 5) is 12.0. The summed E-state index contributed by atoms with van der Waals surface area (Å²) in [7, 11) is -3.61. The number of hydrogen-bond acceptors (Lipinski definition) is 3. The van der Waals surface area contributed by atoms with Crippen molar-refractivity contribution in [2.45, 2.75) is 60.1 Å². The van der Waals surface area contributed by atoms with Crippen LogP contribution in [-0.4, -0.2) is 19.6 Å². The van der Waals surface area contributed by atoms with E-state index in [4.69, 9.17) is 0 Å². The zero-order valence-electron chi connectivity index (χ0n) is 12.6. The number of hydrogen-bond donors (Lipinski definition) is 1. The Balaban J connectivity index is 5.13. The molecule has 108 valence electrons. The van der Waals surface area contributed by atoms with E-state index < -0.39 is 26.6 Å². The minimum absolute atomic E-state index is 0.0277. The molecule has 0 radical (unpaired) electrons. The van der Waals surface area contributed by atoms with Crippen LogP contribution >= 0.6 is 0 Å². The molecule has 0 bridgehead atoms. The molecule has 5 heteroatoms. The van der Waals surface area contributed by atoms with Crippen molar-refractivity contribution in [3.05, 3.63) is 0 Å². The van der Waals surface area contributed by atoms with Crippen LogP contribution in [0, 0.1) is 17.3 Å². The summed E-state index contributed by atoms with van der Waals surface area (Å²) in [6.45, 7) is 12.8. The lowest BCUT2D eigenvalue weighted by atomic mass is 9.90. The number of nitrogens with one attached hydrogen (secondary N) is 1. The molecule has 0 aliphatic rings. The first-order chi connectivity index (χ1) is 7.95. The van der Waals surface area contributed by atoms with Gasteiger partial charge in [-0.3, -0.25) is 9.52 Å². The first-order valence-corrected chi connectivity index (χ1v) is 8.06. The molecule has 0 atom stereocenters. The lowest BCUT2D eigenvalue weighted by molar-refractivity contribution is -0.127. The van der Waals surface area contributed by atoms with Gasteiger partial charge in [-0.25, -0.2) is 8.42 Å². The molecule has 0 aliphatic heterocycles. The maximum absolute atomic E-state index is 12.3. The van der Waals surface area contributed by atoms with Gasteiger partial charge in [-0.15, -0.1) is 0 Å². The smallest absolute Gasteiger partial charge is 0.239 e. The Kier molecular flexibility index (Phi) is 5.85. The molecule has 1 N–H and O–H groups in total. The van der Waals surface area contributed by atoms with Crippen LogP contribution in [0.25, 0.3) is 0 Å². The van der Waals surface area contributed by atoms with Crippen molar-refractivity contribution in [2.24, 2.45) is 17.3 Å². The number of sulfonamides is 1. The average Bonchev–Trinajstić information content (AvgIpc) is 2.14. The van der Waals surface area contributed by atoms with Crippen molar-refractivity contribution in [3.8, 4) is 0 Å². The Morgan fingerprint density at radius 2 is 1.50 bits per heavy atom. The lowest BCUT2D eigenvalue weighted by Gasteiger charge is -2.28. The minimum Gasteiger partial charge on any atom is -0.273 e. The van der Waals surface area contributed by atoms with E-state index in [1.54, 1.807) is 13.8 Å². The predicted molar refractivity (Wildman–Crippen MR) is 74.6 cm³/mol. The van der Waals surface area contributed by atoms with Crippen LogP contribution in [0.3, 0.4) is 0 Å². The molecule has 0 heterocycles. The summed E-state index contributed by atoms with van der Waals surface area (Å²) in [5, 5.41) is -0.547. The van der Waals surface area contributed by atoms with Gasteiger partial charge in [0.15, 0.2) is 0 Å². The quantitative estimate of drug-likeness (QED) is 0.811. The summed E-state index contributed by atoms with van der Waals surface area (Å²) >= 11 is 0. The van der Waals surface area contributed by atoms with Crippen LogP contribution in [0.5, 0.6) is 0 Å². The Labute approximate surface area is 112 Å². The molecule has 0 aromatic rings. The summed E-state index contributed by atoms with van der Waals surface area (Å²) in [5.41, 5.74) is -0.661. The van der Waals surface area contributed by atoms with Gasteiger partial charge in [-0.2, -0.15) is 0 Å². The predicted octanol–water partition coefficient (Wildman–Crippen LogP) is 2.55. The van der Waals surface area contributed by atoms with Crippen molar-refractivity contribution in [3.63, 3.8) is 0 Å². The molecular weight excluding hydrogens is 250 g/mol. The highest BCUT2D eigenvalue weighted by molar-refractivity contribution is 7.90. The molecule has 0 saturated heterocycles. The summed E-state index contributed by atoms with van der Waals surface area (Å²) in [5.74, 6) is -0.476. The van der Waals surface area contributed by atoms with Gasteiger partial charge < -0.3 is 0 Å². The molecule has 0 aromatic carbocycles. The molecule has 0 unspecified atom stereocenters. The van der Waals surface area contributed by atoms with E-state index in [1.165, 1.54) is 0 Å². The van der Waals surface area contributed by atoms with Crippen LogP contribution in [0.15, 0.2) is 0 Å². The third-order valence-electron chi connectivity index (χ3n) is 3.41. The van der Waals surface area contributed by atoms with E-state index >= 15 is 0 Å². The summed E-state index contributed by atoms with van der Waals surface area (Å²) < 4.78 is 26.8. The maximum atomic E-state index is 12.3. The zero-order valence-corrected chi connectivity index (χ0v) is 13.4. The Morgan fingerprint density at radius 1 is 1.11 bits per heavy atom. The van der Waals surface area contributed by atoms with Crippen LogP contribution < -0.4 is 4.72 Å². The van der Waals surface area contributed by atoms with E-state index in [1.807, 2.05) is 34.6 Å². The summed E-state index contributed by atoms with van der Waals surface area (Å²) in [6, 6.07) is 0. The van der Waals surface area contributed by atoms with E-state index in [9.17, 15) is 13.2 Å². The van der Waals surface area contributed by atoms with Crippen LogP contribution in [0.2, 0.25) is 0 Å². The number of rotatable bonds is 6. The van der Waals surface area contributed by atoms with Crippen molar-refractivity contribution in [1.82, 2.24) is 4.72 Å². The van der Waals surface area contributed by atoms with Gasteiger partial charge in [0.1, 0.15) is 0 Å². The summed E-state index contributed by atoms with van der Waals surface area (Å²) in [6.07, 6.45) is 0.600. The Bertz CT molecular complexity index is 375. The zero-order chi connectivity index (χ0) is 14.7. The van der Waals surface area contributed by atoms with E-state index in [0.29, 0.717) is 6.42 Å². The molecular formula is C13H27NO3S. The third kappa shape index (κ3) is 4.26. The number of carbonyl (C=O) groups is 1. The fraction of sp³-hybridized carbons (Fsp3) is 0.923. The molecule has 4 nitrogen and oxygen atoms in total. The highest BCUT2D eigenvalue weighted by Crippen LogP contribution is 2.23. The molecule has 18 heavy (non-hydrogen) atoms. The Hall–Kier alpha value is -0.580. The standard InChI is InChI=1S/C13H27NO3S/c1-8-13(6,7)12(15)14-18(16,17)11(9(2)3)10(4)5/h9-11H,8H2,1-7H3,(H,14,15). The lowest BCUT2D eigenvalue weighted by Crippen LogP contribution is -2.47. The van der Waals surface area contributed by atoms with Gasteiger partial charge in [-0.05, 0) is 18.3 Å². The molecule has 0 aliphatic carbocycles. The first-order valence-electron chi connectivity index (χ1n) is 6.51. The van der Waals surface area contributed by atoms with Gasteiger partial charge in [0.2, 0.25) is 15.9 Å². The second kappa shape index (κ2) is 6.04. The second-order valence-corrected chi connectivity index (χ2v) is 8.00. The van der Waals surface area contributed by atoms with Crippen LogP contribution in [0.1, 0.15) is 54.9 Å². The van der Waals surface area contributed by atoms with Crippen LogP contribution in [0.4, 0.5) is 0 Å². The van der Waals surface area contributed by atoms with Gasteiger partial charge in [0, 0.05) is 5.41 Å². The topological polar surface area (TPSA) is 63.2 Å². The van der Waals surface area contributed by atoms with Gasteiger partial charge >= 0.3 is 0 Å². The molecule has 0 rings (SSSR count). The highest BCUT2D eigenvalue weighted by atomic mass is 32.2. The molecule has 0 spiro atoms. The average molecular weight is 277 g/mol. The number of carbonyl (C=O) groups excluding carboxylic acids is 1. The van der Waals surface area contributed by atoms with Crippen molar-refractivity contribution < 1.29 is 13.2 Å². The number of amides is 1. The van der Waals surface area contributed by atoms with E-state index in [0.717, 1.165) is 0 Å². The fourth-order valence-electron chi connectivity index (χ4n) is 1.98. The van der Waals surface area contributed by atoms with Gasteiger partial charge in [0.25, 0.3) is 0 Å². The minimum atomic E-state index is -3.61. The fourth-order valence-corrected chi connectivity index (χ4v) is 4.09. The highest BCUT2D eigenvalue weighted by Gasteiger charge is 2.36. The van der Waals surface area contributed by atoms with Crippen molar-refractivity contribution in [2.75, 3.05) is 0 Å². The van der Waals surface area contributed by atoms with Gasteiger partial charge in [-0.1, -0.05) is 48.5 Å².